The summed E-state index contributed by atoms with van der Waals surface area (Å²) in [6.07, 6.45) is -8.57. The molecule has 0 amide bonds. The van der Waals surface area contributed by atoms with E-state index in [1.54, 1.807) is 0 Å². The number of aliphatic hydroxyl groups excluding tert-OH is 1. The van der Waals surface area contributed by atoms with Crippen LogP contribution in [0.25, 0.3) is 0 Å². The van der Waals surface area contributed by atoms with Crippen molar-refractivity contribution in [3.8, 4) is 5.75 Å². The van der Waals surface area contributed by atoms with Crippen LogP contribution in [-0.2, 0) is 34.3 Å². The van der Waals surface area contributed by atoms with E-state index in [0.717, 1.165) is 18.2 Å². The number of halogens is 6. The van der Waals surface area contributed by atoms with Crippen molar-refractivity contribution in [2.45, 2.75) is 43.6 Å². The Kier molecular flexibility index (Phi) is 9.87. The Balaban J connectivity index is 2.02. The zero-order valence-electron chi connectivity index (χ0n) is 18.0. The molecule has 12 heteroatoms. The Hall–Kier alpha value is -2.20. The third kappa shape index (κ3) is 8.54. The van der Waals surface area contributed by atoms with E-state index in [4.69, 9.17) is 15.0 Å². The SMILES string of the molecule is NC(CO)(CCc1ccc(OCCCc2cccc(C(F)(F)F)c2)c(C(F)(F)F)c1)CO[PH+]=O. The van der Waals surface area contributed by atoms with Crippen LogP contribution in [0, 0.1) is 0 Å². The Labute approximate surface area is 194 Å². The van der Waals surface area contributed by atoms with Gasteiger partial charge in [-0.05, 0) is 59.6 Å². The third-order valence-electron chi connectivity index (χ3n) is 5.12. The minimum Gasteiger partial charge on any atom is -0.493 e. The van der Waals surface area contributed by atoms with Crippen LogP contribution < -0.4 is 10.5 Å². The van der Waals surface area contributed by atoms with Crippen LogP contribution >= 0.6 is 8.69 Å². The van der Waals surface area contributed by atoms with Crippen molar-refractivity contribution in [1.29, 1.82) is 0 Å². The molecule has 2 atom stereocenters. The summed E-state index contributed by atoms with van der Waals surface area (Å²) in [7, 11) is -1.08. The van der Waals surface area contributed by atoms with Gasteiger partial charge in [0.05, 0.1) is 29.9 Å². The highest BCUT2D eigenvalue weighted by Crippen LogP contribution is 2.37. The average molecular weight is 512 g/mol. The molecule has 0 fully saturated rings. The van der Waals surface area contributed by atoms with E-state index in [-0.39, 0.29) is 38.9 Å². The first-order chi connectivity index (χ1) is 15.9. The maximum atomic E-state index is 13.6. The minimum atomic E-state index is -4.70. The molecule has 3 N–H and O–H groups in total. The monoisotopic (exact) mass is 512 g/mol. The van der Waals surface area contributed by atoms with Gasteiger partial charge >= 0.3 is 21.0 Å². The Morgan fingerprint density at radius 2 is 1.65 bits per heavy atom. The molecular weight excluding hydrogens is 487 g/mol. The second kappa shape index (κ2) is 12.0. The Morgan fingerprint density at radius 3 is 2.26 bits per heavy atom. The van der Waals surface area contributed by atoms with Crippen LogP contribution in [0.2, 0.25) is 0 Å². The molecule has 34 heavy (non-hydrogen) atoms. The van der Waals surface area contributed by atoms with E-state index < -0.39 is 50.1 Å². The normalized spacial score (nSPS) is 14.2. The standard InChI is InChI=1S/C22H25F6NO4P/c23-21(24,25)17-5-1-3-15(11-17)4-2-10-32-19-7-6-16(12-18(19)22(26,27)28)8-9-20(29,13-30)14-33-34-31/h1,3,5-7,11-12,30,34H,2,4,8-10,13-14,29H2/q+1. The van der Waals surface area contributed by atoms with Gasteiger partial charge in [-0.2, -0.15) is 26.3 Å². The molecule has 0 spiro atoms. The number of ether oxygens (including phenoxy) is 1. The number of nitrogens with two attached hydrogens (primary N) is 1. The molecule has 0 aliphatic rings. The van der Waals surface area contributed by atoms with Crippen molar-refractivity contribution < 1.29 is 45.3 Å². The number of hydrogen-bond donors (Lipinski definition) is 2. The van der Waals surface area contributed by atoms with Crippen LogP contribution in [0.15, 0.2) is 42.5 Å². The molecule has 0 bridgehead atoms. The second-order valence-electron chi connectivity index (χ2n) is 7.87. The lowest BCUT2D eigenvalue weighted by Gasteiger charge is -2.24. The molecule has 5 nitrogen and oxygen atoms in total. The maximum absolute atomic E-state index is 13.6. The van der Waals surface area contributed by atoms with Crippen molar-refractivity contribution in [1.82, 2.24) is 0 Å². The topological polar surface area (TPSA) is 81.8 Å². The van der Waals surface area contributed by atoms with E-state index in [1.807, 2.05) is 0 Å². The highest BCUT2D eigenvalue weighted by Gasteiger charge is 2.35. The summed E-state index contributed by atoms with van der Waals surface area (Å²) >= 11 is 0. The van der Waals surface area contributed by atoms with E-state index in [1.165, 1.54) is 24.3 Å². The van der Waals surface area contributed by atoms with Crippen molar-refractivity contribution in [3.05, 3.63) is 64.7 Å². The zero-order chi connectivity index (χ0) is 25.4. The lowest BCUT2D eigenvalue weighted by atomic mass is 9.93. The number of hydrogen-bond acceptors (Lipinski definition) is 5. The highest BCUT2D eigenvalue weighted by molar-refractivity contribution is 7.17. The van der Waals surface area contributed by atoms with Crippen LogP contribution in [0.1, 0.15) is 35.1 Å². The van der Waals surface area contributed by atoms with E-state index >= 15 is 0 Å². The average Bonchev–Trinajstić information content (AvgIpc) is 2.78. The summed E-state index contributed by atoms with van der Waals surface area (Å²) in [4.78, 5) is 0. The van der Waals surface area contributed by atoms with Gasteiger partial charge in [0.1, 0.15) is 12.4 Å². The van der Waals surface area contributed by atoms with Crippen molar-refractivity contribution in [2.75, 3.05) is 19.8 Å². The van der Waals surface area contributed by atoms with E-state index in [0.29, 0.717) is 11.1 Å². The summed E-state index contributed by atoms with van der Waals surface area (Å²) in [6, 6.07) is 8.28. The smallest absolute Gasteiger partial charge is 0.493 e. The number of alkyl halides is 6. The molecular formula is C22H25F6NO4P+. The van der Waals surface area contributed by atoms with Gasteiger partial charge < -0.3 is 15.6 Å². The Bertz CT molecular complexity index is 954. The van der Waals surface area contributed by atoms with Gasteiger partial charge in [0, 0.05) is 0 Å². The summed E-state index contributed by atoms with van der Waals surface area (Å²) < 4.78 is 99.6. The van der Waals surface area contributed by atoms with E-state index in [2.05, 4.69) is 0 Å². The van der Waals surface area contributed by atoms with Gasteiger partial charge in [0.2, 0.25) is 0 Å². The van der Waals surface area contributed by atoms with Gasteiger partial charge in [-0.1, -0.05) is 24.3 Å². The maximum Gasteiger partial charge on any atom is 0.494 e. The summed E-state index contributed by atoms with van der Waals surface area (Å²) in [5, 5.41) is 9.42. The van der Waals surface area contributed by atoms with Gasteiger partial charge in [0.25, 0.3) is 0 Å². The second-order valence-corrected chi connectivity index (χ2v) is 8.33. The lowest BCUT2D eigenvalue weighted by molar-refractivity contribution is -0.139. The van der Waals surface area contributed by atoms with Gasteiger partial charge in [-0.3, -0.25) is 0 Å². The van der Waals surface area contributed by atoms with Crippen molar-refractivity contribution >= 4 is 8.69 Å². The molecule has 0 saturated carbocycles. The fraction of sp³-hybridized carbons (Fsp3) is 0.455. The van der Waals surface area contributed by atoms with Gasteiger partial charge in [-0.15, -0.1) is 4.52 Å². The summed E-state index contributed by atoms with van der Waals surface area (Å²) in [5.41, 5.74) is 3.60. The Morgan fingerprint density at radius 1 is 0.941 bits per heavy atom. The quantitative estimate of drug-likeness (QED) is 0.229. The molecule has 0 saturated heterocycles. The molecule has 188 valence electrons. The fourth-order valence-corrected chi connectivity index (χ4v) is 3.55. The number of rotatable bonds is 12. The van der Waals surface area contributed by atoms with Gasteiger partial charge in [-0.25, -0.2) is 0 Å². The molecule has 0 heterocycles. The molecule has 2 aromatic carbocycles. The van der Waals surface area contributed by atoms with Crippen molar-refractivity contribution in [3.63, 3.8) is 0 Å². The molecule has 0 aromatic heterocycles. The van der Waals surface area contributed by atoms with Crippen LogP contribution in [0.4, 0.5) is 26.3 Å². The highest BCUT2D eigenvalue weighted by atomic mass is 31.1. The minimum absolute atomic E-state index is 0.0858. The molecule has 2 rings (SSSR count). The number of aryl methyl sites for hydroxylation is 2. The molecule has 0 aliphatic carbocycles. The van der Waals surface area contributed by atoms with E-state index in [9.17, 15) is 36.0 Å². The number of aliphatic hydroxyl groups is 1. The summed E-state index contributed by atoms with van der Waals surface area (Å²) in [5.74, 6) is -0.391. The third-order valence-corrected chi connectivity index (χ3v) is 5.38. The molecule has 2 unspecified atom stereocenters. The lowest BCUT2D eigenvalue weighted by Crippen LogP contribution is -2.47. The van der Waals surface area contributed by atoms with Gasteiger partial charge in [0.15, 0.2) is 0 Å². The fourth-order valence-electron chi connectivity index (χ4n) is 3.20. The van der Waals surface area contributed by atoms with Crippen LogP contribution in [0.5, 0.6) is 5.75 Å². The predicted molar refractivity (Wildman–Crippen MR) is 114 cm³/mol. The first kappa shape index (κ1) is 28.0. The largest absolute Gasteiger partial charge is 0.494 e. The van der Waals surface area contributed by atoms with Crippen molar-refractivity contribution in [2.24, 2.45) is 5.73 Å². The first-order valence-electron chi connectivity index (χ1n) is 10.3. The zero-order valence-corrected chi connectivity index (χ0v) is 19.0. The van der Waals surface area contributed by atoms with Crippen LogP contribution in [0.3, 0.4) is 0 Å². The molecule has 2 aromatic rings. The summed E-state index contributed by atoms with van der Waals surface area (Å²) in [6.45, 7) is -0.844. The van der Waals surface area contributed by atoms with Crippen LogP contribution in [-0.4, -0.2) is 30.5 Å². The predicted octanol–water partition coefficient (Wildman–Crippen LogP) is 5.31. The first-order valence-corrected chi connectivity index (χ1v) is 11.1. The molecule has 0 radical (unpaired) electrons. The number of benzene rings is 2. The molecule has 0 aliphatic heterocycles.